The molecule has 1 aromatic carbocycles. The first-order valence-electron chi connectivity index (χ1n) is 5.73. The molecule has 0 atom stereocenters. The molecule has 2 rings (SSSR count). The van der Waals surface area contributed by atoms with Crippen molar-refractivity contribution in [1.29, 1.82) is 0 Å². The number of halogens is 1. The Morgan fingerprint density at radius 1 is 1.18 bits per heavy atom. The maximum absolute atomic E-state index is 4.47. The zero-order valence-corrected chi connectivity index (χ0v) is 12.4. The fourth-order valence-corrected chi connectivity index (χ4v) is 2.62. The first-order valence-corrected chi connectivity index (χ1v) is 6.92. The van der Waals surface area contributed by atoms with E-state index in [-0.39, 0.29) is 0 Å². The number of rotatable bonds is 3. The van der Waals surface area contributed by atoms with Crippen LogP contribution in [0.1, 0.15) is 25.2 Å². The van der Waals surface area contributed by atoms with Gasteiger partial charge in [-0.1, -0.05) is 41.9 Å². The molecule has 0 fully saturated rings. The minimum atomic E-state index is 0.923. The van der Waals surface area contributed by atoms with Gasteiger partial charge in [0.25, 0.3) is 0 Å². The van der Waals surface area contributed by atoms with Crippen LogP contribution >= 0.6 is 28.7 Å². The van der Waals surface area contributed by atoms with Crippen molar-refractivity contribution in [2.75, 3.05) is 0 Å². The molecule has 0 amide bonds. The third-order valence-corrected chi connectivity index (χ3v) is 3.70. The van der Waals surface area contributed by atoms with Crippen LogP contribution in [0.15, 0.2) is 28.7 Å². The molecule has 90 valence electrons. The van der Waals surface area contributed by atoms with Crippen LogP contribution in [0.2, 0.25) is 0 Å². The number of hydrogen-bond donors (Lipinski definition) is 1. The van der Waals surface area contributed by atoms with Crippen LogP contribution in [0.3, 0.4) is 0 Å². The summed E-state index contributed by atoms with van der Waals surface area (Å²) in [5, 5.41) is 4.47. The van der Waals surface area contributed by atoms with Gasteiger partial charge in [0.1, 0.15) is 0 Å². The van der Waals surface area contributed by atoms with Gasteiger partial charge in [-0.05, 0) is 43.4 Å². The van der Waals surface area contributed by atoms with Gasteiger partial charge in [-0.25, -0.2) is 4.09 Å². The molecule has 17 heavy (non-hydrogen) atoms. The topological polar surface area (TPSA) is 17.8 Å². The van der Waals surface area contributed by atoms with E-state index in [0.29, 0.717) is 0 Å². The number of hydrogen-bond acceptors (Lipinski definition) is 2. The van der Waals surface area contributed by atoms with Crippen molar-refractivity contribution in [3.05, 3.63) is 40.1 Å². The summed E-state index contributed by atoms with van der Waals surface area (Å²) in [5.41, 5.74) is 4.73. The monoisotopic (exact) mass is 310 g/mol. The summed E-state index contributed by atoms with van der Waals surface area (Å²) in [4.78, 5) is 0. The molecule has 2 nitrogen and oxygen atoms in total. The summed E-state index contributed by atoms with van der Waals surface area (Å²) in [6.45, 7) is 4.25. The minimum absolute atomic E-state index is 0.923. The van der Waals surface area contributed by atoms with Gasteiger partial charge in [0, 0.05) is 10.0 Å². The third kappa shape index (κ3) is 2.43. The molecule has 1 aromatic heterocycles. The van der Waals surface area contributed by atoms with Crippen LogP contribution in [0, 0.1) is 0 Å². The quantitative estimate of drug-likeness (QED) is 0.844. The van der Waals surface area contributed by atoms with Crippen molar-refractivity contribution in [3.63, 3.8) is 0 Å². The van der Waals surface area contributed by atoms with Gasteiger partial charge in [-0.3, -0.25) is 0 Å². The summed E-state index contributed by atoms with van der Waals surface area (Å²) < 4.78 is 2.80. The molecule has 0 aliphatic rings. The Labute approximate surface area is 116 Å². The van der Waals surface area contributed by atoms with Crippen LogP contribution in [-0.4, -0.2) is 9.19 Å². The first-order chi connectivity index (χ1) is 8.17. The molecular formula is C13H15BrN2S. The number of aryl methyl sites for hydroxylation is 1. The summed E-state index contributed by atoms with van der Waals surface area (Å²) in [6, 6.07) is 8.36. The summed E-state index contributed by atoms with van der Waals surface area (Å²) in [6.07, 6.45) is 1.86. The predicted molar refractivity (Wildman–Crippen MR) is 78.5 cm³/mol. The highest BCUT2D eigenvalue weighted by Gasteiger charge is 2.15. The van der Waals surface area contributed by atoms with E-state index in [0.717, 1.165) is 23.0 Å². The van der Waals surface area contributed by atoms with Gasteiger partial charge in [0.05, 0.1) is 11.4 Å². The Morgan fingerprint density at radius 3 is 2.35 bits per heavy atom. The molecular weight excluding hydrogens is 296 g/mol. The zero-order chi connectivity index (χ0) is 12.4. The maximum Gasteiger partial charge on any atom is 0.0713 e. The fraction of sp³-hybridized carbons (Fsp3) is 0.308. The van der Waals surface area contributed by atoms with Crippen molar-refractivity contribution >= 4 is 28.7 Å². The second kappa shape index (κ2) is 5.27. The Kier molecular flexibility index (Phi) is 3.94. The molecule has 4 heteroatoms. The van der Waals surface area contributed by atoms with Gasteiger partial charge in [-0.15, -0.1) is 0 Å². The first kappa shape index (κ1) is 12.7. The zero-order valence-electron chi connectivity index (χ0n) is 9.94. The lowest BCUT2D eigenvalue weighted by molar-refractivity contribution is 0.891. The third-order valence-electron chi connectivity index (χ3n) is 2.84. The molecule has 0 aliphatic carbocycles. The normalized spacial score (nSPS) is 10.8. The number of nitrogens with zero attached hydrogens (tertiary/aromatic N) is 2. The largest absolute Gasteiger partial charge is 0.213 e. The second-order valence-corrected chi connectivity index (χ2v) is 5.17. The molecule has 0 unspecified atom stereocenters. The van der Waals surface area contributed by atoms with Crippen molar-refractivity contribution in [1.82, 2.24) is 9.19 Å². The van der Waals surface area contributed by atoms with Crippen LogP contribution in [-0.2, 0) is 12.8 Å². The average molecular weight is 311 g/mol. The van der Waals surface area contributed by atoms with Gasteiger partial charge in [0.15, 0.2) is 0 Å². The highest BCUT2D eigenvalue weighted by atomic mass is 79.9. The van der Waals surface area contributed by atoms with E-state index < -0.39 is 0 Å². The number of thiol groups is 1. The highest BCUT2D eigenvalue weighted by molar-refractivity contribution is 9.10. The van der Waals surface area contributed by atoms with E-state index in [1.54, 1.807) is 4.09 Å². The van der Waals surface area contributed by atoms with Gasteiger partial charge in [0.2, 0.25) is 0 Å². The number of aromatic nitrogens is 2. The van der Waals surface area contributed by atoms with E-state index in [2.05, 4.69) is 72.0 Å². The van der Waals surface area contributed by atoms with Crippen LogP contribution in [0.4, 0.5) is 0 Å². The molecule has 0 saturated carbocycles. The van der Waals surface area contributed by atoms with E-state index in [4.69, 9.17) is 0 Å². The lowest BCUT2D eigenvalue weighted by Gasteiger charge is -2.05. The van der Waals surface area contributed by atoms with E-state index in [9.17, 15) is 0 Å². The summed E-state index contributed by atoms with van der Waals surface area (Å²) >= 11 is 7.85. The Morgan fingerprint density at radius 2 is 1.82 bits per heavy atom. The molecule has 0 bridgehead atoms. The van der Waals surface area contributed by atoms with E-state index in [1.165, 1.54) is 16.8 Å². The predicted octanol–water partition coefficient (Wildman–Crippen LogP) is 4.13. The van der Waals surface area contributed by atoms with Crippen LogP contribution < -0.4 is 0 Å². The highest BCUT2D eigenvalue weighted by Crippen LogP contribution is 2.30. The summed E-state index contributed by atoms with van der Waals surface area (Å²) in [7, 11) is 0. The molecule has 2 aromatic rings. The fourth-order valence-electron chi connectivity index (χ4n) is 2.01. The maximum atomic E-state index is 4.47. The molecule has 0 saturated heterocycles. The Balaban J connectivity index is 2.60. The summed E-state index contributed by atoms with van der Waals surface area (Å²) in [5.74, 6) is 0. The van der Waals surface area contributed by atoms with E-state index >= 15 is 0 Å². The SMILES string of the molecule is CCc1nn(S)c(CC)c1-c1ccc(Br)cc1. The van der Waals surface area contributed by atoms with Gasteiger partial charge in [-0.2, -0.15) is 5.10 Å². The van der Waals surface area contributed by atoms with Crippen molar-refractivity contribution in [2.45, 2.75) is 26.7 Å². The number of benzene rings is 1. The van der Waals surface area contributed by atoms with Gasteiger partial charge >= 0.3 is 0 Å². The molecule has 0 spiro atoms. The molecule has 0 aliphatic heterocycles. The molecule has 0 N–H and O–H groups in total. The molecule has 0 radical (unpaired) electrons. The van der Waals surface area contributed by atoms with Crippen LogP contribution in [0.25, 0.3) is 11.1 Å². The standard InChI is InChI=1S/C13H15BrN2S/c1-3-11-13(12(4-2)16(17)15-11)9-5-7-10(14)8-6-9/h5-8,17H,3-4H2,1-2H3. The lowest BCUT2D eigenvalue weighted by Crippen LogP contribution is -1.91. The van der Waals surface area contributed by atoms with Crippen LogP contribution in [0.5, 0.6) is 0 Å². The van der Waals surface area contributed by atoms with Crippen molar-refractivity contribution < 1.29 is 0 Å². The average Bonchev–Trinajstić information content (AvgIpc) is 2.66. The van der Waals surface area contributed by atoms with E-state index in [1.807, 2.05) is 0 Å². The van der Waals surface area contributed by atoms with Crippen molar-refractivity contribution in [3.8, 4) is 11.1 Å². The van der Waals surface area contributed by atoms with Crippen molar-refractivity contribution in [2.24, 2.45) is 0 Å². The Bertz CT molecular complexity index is 517. The Hall–Kier alpha value is -0.740. The lowest BCUT2D eigenvalue weighted by atomic mass is 10.0. The second-order valence-electron chi connectivity index (χ2n) is 3.87. The molecule has 1 heterocycles. The van der Waals surface area contributed by atoms with Gasteiger partial charge < -0.3 is 0 Å². The smallest absolute Gasteiger partial charge is 0.0713 e. The minimum Gasteiger partial charge on any atom is -0.213 e.